The molecule has 0 heterocycles. The van der Waals surface area contributed by atoms with Gasteiger partial charge in [0.05, 0.1) is 5.41 Å². The van der Waals surface area contributed by atoms with Crippen LogP contribution in [0.1, 0.15) is 60.3 Å². The molecule has 0 unspecified atom stereocenters. The molecular weight excluding hydrogens is 200 g/mol. The highest BCUT2D eigenvalue weighted by Gasteiger charge is 2.35. The van der Waals surface area contributed by atoms with Crippen LogP contribution in [-0.2, 0) is 9.53 Å². The summed E-state index contributed by atoms with van der Waals surface area (Å²) in [6.45, 7) is 9.88. The molecule has 1 rings (SSSR count). The molecule has 0 saturated heterocycles. The number of hydrogen-bond donors (Lipinski definition) is 0. The Morgan fingerprint density at radius 2 is 2.00 bits per heavy atom. The molecule has 0 fully saturated rings. The number of carbonyl (C=O) groups is 1. The van der Waals surface area contributed by atoms with E-state index in [0.29, 0.717) is 0 Å². The average Bonchev–Trinajstić information content (AvgIpc) is 2.70. The maximum Gasteiger partial charge on any atom is 0.312 e. The molecule has 0 spiro atoms. The molecule has 2 heteroatoms. The third-order valence-corrected chi connectivity index (χ3v) is 3.60. The second-order valence-corrected chi connectivity index (χ2v) is 5.76. The Bertz CT molecular complexity index is 298. The van der Waals surface area contributed by atoms with Crippen LogP contribution in [0.5, 0.6) is 0 Å². The Kier molecular flexibility index (Phi) is 3.82. The molecule has 1 aliphatic carbocycles. The van der Waals surface area contributed by atoms with Crippen LogP contribution >= 0.6 is 0 Å². The molecule has 0 radical (unpaired) electrons. The van der Waals surface area contributed by atoms with Crippen molar-refractivity contribution in [1.82, 2.24) is 0 Å². The first kappa shape index (κ1) is 13.3. The van der Waals surface area contributed by atoms with E-state index < -0.39 is 5.60 Å². The van der Waals surface area contributed by atoms with Crippen molar-refractivity contribution in [3.05, 3.63) is 11.6 Å². The molecule has 0 amide bonds. The number of esters is 1. The monoisotopic (exact) mass is 224 g/mol. The second kappa shape index (κ2) is 4.60. The number of carbonyl (C=O) groups excluding carboxylic acids is 1. The van der Waals surface area contributed by atoms with Crippen molar-refractivity contribution in [1.29, 1.82) is 0 Å². The van der Waals surface area contributed by atoms with Gasteiger partial charge in [-0.15, -0.1) is 0 Å². The molecule has 2 nitrogen and oxygen atoms in total. The second-order valence-electron chi connectivity index (χ2n) is 5.76. The number of allylic oxidation sites excluding steroid dienone is 1. The van der Waals surface area contributed by atoms with Crippen LogP contribution in [0.25, 0.3) is 0 Å². The van der Waals surface area contributed by atoms with Crippen molar-refractivity contribution in [2.75, 3.05) is 0 Å². The zero-order valence-electron chi connectivity index (χ0n) is 11.2. The summed E-state index contributed by atoms with van der Waals surface area (Å²) in [5.41, 5.74) is 0.462. The molecular formula is C14H24O2. The number of hydrogen-bond acceptors (Lipinski definition) is 2. The van der Waals surface area contributed by atoms with Crippen molar-refractivity contribution < 1.29 is 9.53 Å². The van der Waals surface area contributed by atoms with Gasteiger partial charge in [-0.1, -0.05) is 13.0 Å². The third kappa shape index (κ3) is 2.87. The van der Waals surface area contributed by atoms with Gasteiger partial charge in [0.1, 0.15) is 5.60 Å². The Balaban J connectivity index is 2.69. The van der Waals surface area contributed by atoms with Gasteiger partial charge in [-0.05, 0) is 59.0 Å². The van der Waals surface area contributed by atoms with E-state index in [0.717, 1.165) is 19.3 Å². The van der Waals surface area contributed by atoms with E-state index in [-0.39, 0.29) is 11.4 Å². The topological polar surface area (TPSA) is 26.3 Å². The van der Waals surface area contributed by atoms with Gasteiger partial charge >= 0.3 is 5.97 Å². The minimum Gasteiger partial charge on any atom is -0.455 e. The summed E-state index contributed by atoms with van der Waals surface area (Å²) in [5.74, 6) is -0.0900. The summed E-state index contributed by atoms with van der Waals surface area (Å²) in [7, 11) is 0. The minimum absolute atomic E-state index is 0.0900. The minimum atomic E-state index is -0.431. The lowest BCUT2D eigenvalue weighted by molar-refractivity contribution is -0.164. The van der Waals surface area contributed by atoms with E-state index in [1.165, 1.54) is 12.0 Å². The molecule has 0 saturated carbocycles. The van der Waals surface area contributed by atoms with Gasteiger partial charge in [0.15, 0.2) is 0 Å². The summed E-state index contributed by atoms with van der Waals surface area (Å²) < 4.78 is 5.67. The van der Waals surface area contributed by atoms with Gasteiger partial charge in [0.2, 0.25) is 0 Å². The van der Waals surface area contributed by atoms with E-state index in [1.54, 1.807) is 0 Å². The van der Waals surface area contributed by atoms with E-state index in [2.05, 4.69) is 6.08 Å². The van der Waals surface area contributed by atoms with Crippen molar-refractivity contribution in [2.45, 2.75) is 65.9 Å². The van der Waals surface area contributed by atoms with Gasteiger partial charge in [-0.25, -0.2) is 0 Å². The number of rotatable bonds is 4. The van der Waals surface area contributed by atoms with Crippen LogP contribution in [0.3, 0.4) is 0 Å². The maximum absolute atomic E-state index is 12.0. The van der Waals surface area contributed by atoms with Crippen LogP contribution in [0, 0.1) is 5.41 Å². The Morgan fingerprint density at radius 3 is 2.44 bits per heavy atom. The first-order valence-corrected chi connectivity index (χ1v) is 6.22. The largest absolute Gasteiger partial charge is 0.455 e. The lowest BCUT2D eigenvalue weighted by atomic mass is 9.89. The van der Waals surface area contributed by atoms with Crippen LogP contribution in [0.2, 0.25) is 0 Å². The highest BCUT2D eigenvalue weighted by Crippen LogP contribution is 2.33. The Labute approximate surface area is 99.1 Å². The van der Waals surface area contributed by atoms with E-state index in [1.807, 2.05) is 34.6 Å². The average molecular weight is 224 g/mol. The quantitative estimate of drug-likeness (QED) is 0.535. The fraction of sp³-hybridized carbons (Fsp3) is 0.786. The molecule has 0 aromatic rings. The first-order valence-electron chi connectivity index (χ1n) is 6.22. The van der Waals surface area contributed by atoms with Crippen LogP contribution in [-0.4, -0.2) is 11.6 Å². The lowest BCUT2D eigenvalue weighted by Gasteiger charge is -2.31. The maximum atomic E-state index is 12.0. The van der Waals surface area contributed by atoms with Crippen LogP contribution < -0.4 is 0 Å². The highest BCUT2D eigenvalue weighted by atomic mass is 16.6. The summed E-state index contributed by atoms with van der Waals surface area (Å²) in [5, 5.41) is 0. The van der Waals surface area contributed by atoms with Crippen LogP contribution in [0.15, 0.2) is 11.6 Å². The third-order valence-electron chi connectivity index (χ3n) is 3.60. The van der Waals surface area contributed by atoms with E-state index in [4.69, 9.17) is 4.74 Å². The normalized spacial score (nSPS) is 17.2. The molecule has 0 aromatic carbocycles. The van der Waals surface area contributed by atoms with Gasteiger partial charge in [-0.2, -0.15) is 0 Å². The predicted molar refractivity (Wildman–Crippen MR) is 66.2 cm³/mol. The van der Waals surface area contributed by atoms with Crippen LogP contribution in [0.4, 0.5) is 0 Å². The molecule has 0 bridgehead atoms. The summed E-state index contributed by atoms with van der Waals surface area (Å²) in [6.07, 6.45) is 6.39. The molecule has 0 atom stereocenters. The highest BCUT2D eigenvalue weighted by molar-refractivity contribution is 5.76. The van der Waals surface area contributed by atoms with Crippen molar-refractivity contribution >= 4 is 5.97 Å². The summed E-state index contributed by atoms with van der Waals surface area (Å²) in [6, 6.07) is 0. The molecule has 0 aliphatic heterocycles. The van der Waals surface area contributed by atoms with E-state index in [9.17, 15) is 4.79 Å². The summed E-state index contributed by atoms with van der Waals surface area (Å²) in [4.78, 5) is 12.0. The zero-order chi connectivity index (χ0) is 12.4. The standard InChI is InChI=1S/C14H24O2/c1-6-13(2,3)12(15)16-14(4,5)11-9-7-8-10-11/h9H,6-8,10H2,1-5H3. The van der Waals surface area contributed by atoms with Gasteiger partial charge < -0.3 is 4.74 Å². The summed E-state index contributed by atoms with van der Waals surface area (Å²) >= 11 is 0. The molecule has 16 heavy (non-hydrogen) atoms. The SMILES string of the molecule is CCC(C)(C)C(=O)OC(C)(C)C1=CCCC1. The Hall–Kier alpha value is -0.790. The van der Waals surface area contributed by atoms with Crippen molar-refractivity contribution in [3.63, 3.8) is 0 Å². The zero-order valence-corrected chi connectivity index (χ0v) is 11.2. The number of ether oxygens (including phenoxy) is 1. The van der Waals surface area contributed by atoms with Gasteiger partial charge in [0.25, 0.3) is 0 Å². The van der Waals surface area contributed by atoms with Crippen molar-refractivity contribution in [3.8, 4) is 0 Å². The van der Waals surface area contributed by atoms with E-state index >= 15 is 0 Å². The fourth-order valence-corrected chi connectivity index (χ4v) is 1.80. The molecule has 1 aliphatic rings. The molecule has 92 valence electrons. The first-order chi connectivity index (χ1) is 7.29. The van der Waals surface area contributed by atoms with Crippen molar-refractivity contribution in [2.24, 2.45) is 5.41 Å². The fourth-order valence-electron chi connectivity index (χ4n) is 1.80. The lowest BCUT2D eigenvalue weighted by Crippen LogP contribution is -2.36. The molecule has 0 aromatic heterocycles. The Morgan fingerprint density at radius 1 is 1.38 bits per heavy atom. The molecule has 0 N–H and O–H groups in total. The predicted octanol–water partition coefficient (Wildman–Crippen LogP) is 3.85. The van der Waals surface area contributed by atoms with Gasteiger partial charge in [0, 0.05) is 0 Å². The smallest absolute Gasteiger partial charge is 0.312 e. The van der Waals surface area contributed by atoms with Gasteiger partial charge in [-0.3, -0.25) is 4.79 Å².